The van der Waals surface area contributed by atoms with Crippen LogP contribution in [0.15, 0.2) is 48.5 Å². The first-order chi connectivity index (χ1) is 11.0. The zero-order valence-electron chi connectivity index (χ0n) is 12.2. The van der Waals surface area contributed by atoms with E-state index < -0.39 is 11.8 Å². The molecule has 2 aromatic carbocycles. The molecule has 0 spiro atoms. The lowest BCUT2D eigenvalue weighted by Crippen LogP contribution is -2.28. The van der Waals surface area contributed by atoms with E-state index >= 15 is 0 Å². The van der Waals surface area contributed by atoms with E-state index in [0.717, 1.165) is 5.56 Å². The number of hydrogen-bond donors (Lipinski definition) is 3. The number of para-hydroxylation sites is 1. The Morgan fingerprint density at radius 1 is 1.09 bits per heavy atom. The van der Waals surface area contributed by atoms with Gasteiger partial charge in [-0.2, -0.15) is 0 Å². The molecule has 4 N–H and O–H groups in total. The third-order valence-electron chi connectivity index (χ3n) is 2.91. The molecule has 0 radical (unpaired) electrons. The average molecular weight is 317 g/mol. The van der Waals surface area contributed by atoms with Crippen molar-refractivity contribution < 1.29 is 18.7 Å². The van der Waals surface area contributed by atoms with Crippen LogP contribution in [0, 0.1) is 5.82 Å². The molecule has 2 rings (SSSR count). The zero-order valence-corrected chi connectivity index (χ0v) is 12.2. The second-order valence-electron chi connectivity index (χ2n) is 4.68. The SMILES string of the molecule is NC(=O)Nc1ccc(CNC(=O)COc2ccccc2F)cc1. The first kappa shape index (κ1) is 16.3. The maximum Gasteiger partial charge on any atom is 0.316 e. The van der Waals surface area contributed by atoms with E-state index in [-0.39, 0.29) is 24.8 Å². The average Bonchev–Trinajstić information content (AvgIpc) is 2.53. The van der Waals surface area contributed by atoms with Gasteiger partial charge in [0.05, 0.1) is 0 Å². The highest BCUT2D eigenvalue weighted by Gasteiger charge is 2.06. The number of anilines is 1. The van der Waals surface area contributed by atoms with Gasteiger partial charge >= 0.3 is 6.03 Å². The number of nitrogens with one attached hydrogen (secondary N) is 2. The fraction of sp³-hybridized carbons (Fsp3) is 0.125. The summed E-state index contributed by atoms with van der Waals surface area (Å²) in [5.74, 6) is -0.852. The second kappa shape index (κ2) is 7.79. The predicted octanol–water partition coefficient (Wildman–Crippen LogP) is 2.01. The van der Waals surface area contributed by atoms with Gasteiger partial charge in [-0.05, 0) is 29.8 Å². The highest BCUT2D eigenvalue weighted by Crippen LogP contribution is 2.15. The van der Waals surface area contributed by atoms with Gasteiger partial charge in [0.2, 0.25) is 0 Å². The molecule has 0 fully saturated rings. The highest BCUT2D eigenvalue weighted by atomic mass is 19.1. The minimum atomic E-state index is -0.642. The van der Waals surface area contributed by atoms with Crippen molar-refractivity contribution in [2.45, 2.75) is 6.54 Å². The van der Waals surface area contributed by atoms with E-state index in [9.17, 15) is 14.0 Å². The Bertz CT molecular complexity index is 689. The van der Waals surface area contributed by atoms with Crippen molar-refractivity contribution in [2.24, 2.45) is 5.73 Å². The number of urea groups is 1. The lowest BCUT2D eigenvalue weighted by molar-refractivity contribution is -0.123. The quantitative estimate of drug-likeness (QED) is 0.761. The number of halogens is 1. The summed E-state index contributed by atoms with van der Waals surface area (Å²) in [5.41, 5.74) is 6.40. The van der Waals surface area contributed by atoms with Gasteiger partial charge in [-0.1, -0.05) is 24.3 Å². The van der Waals surface area contributed by atoms with Crippen LogP contribution in [0.3, 0.4) is 0 Å². The van der Waals surface area contributed by atoms with Crippen LogP contribution < -0.4 is 21.1 Å². The molecule has 0 saturated heterocycles. The molecule has 0 unspecified atom stereocenters. The Morgan fingerprint density at radius 3 is 2.43 bits per heavy atom. The lowest BCUT2D eigenvalue weighted by atomic mass is 10.2. The summed E-state index contributed by atoms with van der Waals surface area (Å²) in [6.45, 7) is 0.0125. The molecule has 120 valence electrons. The van der Waals surface area contributed by atoms with E-state index in [4.69, 9.17) is 10.5 Å². The molecule has 7 heteroatoms. The van der Waals surface area contributed by atoms with Crippen LogP contribution in [0.5, 0.6) is 5.75 Å². The summed E-state index contributed by atoms with van der Waals surface area (Å²) in [4.78, 5) is 22.4. The standard InChI is InChI=1S/C16H16FN3O3/c17-13-3-1-2-4-14(13)23-10-15(21)19-9-11-5-7-12(8-6-11)20-16(18)22/h1-8H,9-10H2,(H,19,21)(H3,18,20,22). The van der Waals surface area contributed by atoms with Gasteiger partial charge in [0, 0.05) is 12.2 Å². The minimum Gasteiger partial charge on any atom is -0.481 e. The van der Waals surface area contributed by atoms with Crippen molar-refractivity contribution in [3.05, 3.63) is 59.9 Å². The molecule has 0 aliphatic carbocycles. The largest absolute Gasteiger partial charge is 0.481 e. The minimum absolute atomic E-state index is 0.0320. The third-order valence-corrected chi connectivity index (χ3v) is 2.91. The number of carbonyl (C=O) groups excluding carboxylic acids is 2. The Balaban J connectivity index is 1.78. The number of carbonyl (C=O) groups is 2. The molecule has 2 aromatic rings. The van der Waals surface area contributed by atoms with Gasteiger partial charge in [-0.15, -0.1) is 0 Å². The number of benzene rings is 2. The number of rotatable bonds is 6. The van der Waals surface area contributed by atoms with Crippen LogP contribution in [0.2, 0.25) is 0 Å². The van der Waals surface area contributed by atoms with E-state index in [0.29, 0.717) is 5.69 Å². The number of hydrogen-bond acceptors (Lipinski definition) is 3. The normalized spacial score (nSPS) is 9.96. The molecule has 6 nitrogen and oxygen atoms in total. The summed E-state index contributed by atoms with van der Waals surface area (Å²) >= 11 is 0. The molecule has 0 bridgehead atoms. The summed E-state index contributed by atoms with van der Waals surface area (Å²) in [6.07, 6.45) is 0. The van der Waals surface area contributed by atoms with Crippen LogP contribution in [-0.2, 0) is 11.3 Å². The molecule has 23 heavy (non-hydrogen) atoms. The smallest absolute Gasteiger partial charge is 0.316 e. The number of amides is 3. The topological polar surface area (TPSA) is 93.5 Å². The number of primary amides is 1. The summed E-state index contributed by atoms with van der Waals surface area (Å²) in [7, 11) is 0. The zero-order chi connectivity index (χ0) is 16.7. The van der Waals surface area contributed by atoms with Crippen molar-refractivity contribution in [1.29, 1.82) is 0 Å². The fourth-order valence-electron chi connectivity index (χ4n) is 1.80. The van der Waals surface area contributed by atoms with E-state index in [1.165, 1.54) is 12.1 Å². The van der Waals surface area contributed by atoms with Crippen LogP contribution >= 0.6 is 0 Å². The van der Waals surface area contributed by atoms with Gasteiger partial charge in [0.25, 0.3) is 5.91 Å². The van der Waals surface area contributed by atoms with Gasteiger partial charge in [0.1, 0.15) is 0 Å². The first-order valence-electron chi connectivity index (χ1n) is 6.84. The maximum absolute atomic E-state index is 13.3. The fourth-order valence-corrected chi connectivity index (χ4v) is 1.80. The molecular weight excluding hydrogens is 301 g/mol. The first-order valence-corrected chi connectivity index (χ1v) is 6.84. The van der Waals surface area contributed by atoms with Gasteiger partial charge in [-0.25, -0.2) is 9.18 Å². The van der Waals surface area contributed by atoms with Crippen molar-refractivity contribution in [1.82, 2.24) is 5.32 Å². The Hall–Kier alpha value is -3.09. The van der Waals surface area contributed by atoms with Crippen molar-refractivity contribution in [3.8, 4) is 5.75 Å². The highest BCUT2D eigenvalue weighted by molar-refractivity contribution is 5.87. The van der Waals surface area contributed by atoms with E-state index in [2.05, 4.69) is 10.6 Å². The molecule has 0 saturated carbocycles. The van der Waals surface area contributed by atoms with Gasteiger partial charge < -0.3 is 21.1 Å². The molecule has 0 atom stereocenters. The lowest BCUT2D eigenvalue weighted by Gasteiger charge is -2.08. The summed E-state index contributed by atoms with van der Waals surface area (Å²) in [5, 5.41) is 5.09. The van der Waals surface area contributed by atoms with Crippen LogP contribution in [0.25, 0.3) is 0 Å². The third kappa shape index (κ3) is 5.31. The van der Waals surface area contributed by atoms with Gasteiger partial charge in [-0.3, -0.25) is 4.79 Å². The summed E-state index contributed by atoms with van der Waals surface area (Å²) in [6, 6.07) is 12.0. The number of ether oxygens (including phenoxy) is 1. The van der Waals surface area contributed by atoms with Crippen LogP contribution in [-0.4, -0.2) is 18.5 Å². The Kier molecular flexibility index (Phi) is 5.51. The van der Waals surface area contributed by atoms with E-state index in [1.54, 1.807) is 36.4 Å². The number of nitrogens with two attached hydrogens (primary N) is 1. The Morgan fingerprint density at radius 2 is 1.78 bits per heavy atom. The predicted molar refractivity (Wildman–Crippen MR) is 83.4 cm³/mol. The maximum atomic E-state index is 13.3. The Labute approximate surface area is 132 Å². The molecule has 0 aliphatic rings. The van der Waals surface area contributed by atoms with Gasteiger partial charge in [0.15, 0.2) is 18.2 Å². The molecule has 0 aromatic heterocycles. The van der Waals surface area contributed by atoms with Crippen LogP contribution in [0.4, 0.5) is 14.9 Å². The van der Waals surface area contributed by atoms with Crippen molar-refractivity contribution in [3.63, 3.8) is 0 Å². The molecular formula is C16H16FN3O3. The van der Waals surface area contributed by atoms with Crippen molar-refractivity contribution >= 4 is 17.6 Å². The molecule has 0 heterocycles. The van der Waals surface area contributed by atoms with Crippen LogP contribution in [0.1, 0.15) is 5.56 Å². The van der Waals surface area contributed by atoms with Crippen molar-refractivity contribution in [2.75, 3.05) is 11.9 Å². The monoisotopic (exact) mass is 317 g/mol. The second-order valence-corrected chi connectivity index (χ2v) is 4.68. The molecule has 0 aliphatic heterocycles. The van der Waals surface area contributed by atoms with E-state index in [1.807, 2.05) is 0 Å². The molecule has 3 amide bonds. The summed E-state index contributed by atoms with van der Waals surface area (Å²) < 4.78 is 18.4.